The van der Waals surface area contributed by atoms with Crippen LogP contribution in [0.3, 0.4) is 0 Å². The van der Waals surface area contributed by atoms with Gasteiger partial charge >= 0.3 is 5.97 Å². The van der Waals surface area contributed by atoms with Crippen LogP contribution in [0.1, 0.15) is 51.9 Å². The molecule has 1 aliphatic heterocycles. The van der Waals surface area contributed by atoms with Crippen LogP contribution >= 0.6 is 0 Å². The summed E-state index contributed by atoms with van der Waals surface area (Å²) >= 11 is 0. The van der Waals surface area contributed by atoms with E-state index in [0.29, 0.717) is 0 Å². The normalized spacial score (nSPS) is 37.6. The van der Waals surface area contributed by atoms with Gasteiger partial charge in [-0.25, -0.2) is 4.79 Å². The minimum atomic E-state index is -0.177. The summed E-state index contributed by atoms with van der Waals surface area (Å²) < 4.78 is 5.33. The number of hydrogen-bond acceptors (Lipinski definition) is 2. The number of hydrogen-bond donors (Lipinski definition) is 0. The van der Waals surface area contributed by atoms with E-state index in [9.17, 15) is 4.79 Å². The number of ether oxygens (including phenoxy) is 1. The van der Waals surface area contributed by atoms with Gasteiger partial charge in [0.2, 0.25) is 0 Å². The Balaban J connectivity index is 1.99. The van der Waals surface area contributed by atoms with Gasteiger partial charge in [0.25, 0.3) is 0 Å². The van der Waals surface area contributed by atoms with Crippen LogP contribution in [0.2, 0.25) is 0 Å². The average molecular weight is 248 g/mol. The molecule has 1 heterocycles. The Kier molecular flexibility index (Phi) is 5.03. The first-order valence-electron chi connectivity index (χ1n) is 7.29. The predicted octanol–water partition coefficient (Wildman–Crippen LogP) is 4.02. The fourth-order valence-electron chi connectivity index (χ4n) is 3.04. The maximum atomic E-state index is 11.6. The molecule has 0 aromatic carbocycles. The molecule has 2 rings (SSSR count). The van der Waals surface area contributed by atoms with Gasteiger partial charge in [0.05, 0.1) is 6.10 Å². The fourth-order valence-corrected chi connectivity index (χ4v) is 3.04. The first-order chi connectivity index (χ1) is 8.75. The van der Waals surface area contributed by atoms with Crippen molar-refractivity contribution in [2.75, 3.05) is 0 Å². The molecule has 0 aromatic heterocycles. The maximum absolute atomic E-state index is 11.6. The molecule has 0 N–H and O–H groups in total. The second kappa shape index (κ2) is 6.77. The number of rotatable bonds is 0. The number of carbonyl (C=O) groups excluding carboxylic acids is 1. The van der Waals surface area contributed by atoms with E-state index in [0.717, 1.165) is 37.5 Å². The highest BCUT2D eigenvalue weighted by Gasteiger charge is 2.23. The van der Waals surface area contributed by atoms with Crippen LogP contribution in [0.4, 0.5) is 0 Å². The first-order valence-corrected chi connectivity index (χ1v) is 7.29. The number of cyclic esters (lactones) is 1. The highest BCUT2D eigenvalue weighted by atomic mass is 16.5. The Morgan fingerprint density at radius 2 is 2.06 bits per heavy atom. The van der Waals surface area contributed by atoms with Crippen LogP contribution in [0.5, 0.6) is 0 Å². The van der Waals surface area contributed by atoms with E-state index in [2.05, 4.69) is 12.2 Å². The summed E-state index contributed by atoms with van der Waals surface area (Å²) in [6, 6.07) is 0. The highest BCUT2D eigenvalue weighted by Crippen LogP contribution is 2.35. The smallest absolute Gasteiger partial charge is 0.330 e. The second-order valence-electron chi connectivity index (χ2n) is 5.60. The van der Waals surface area contributed by atoms with Gasteiger partial charge in [0.1, 0.15) is 0 Å². The van der Waals surface area contributed by atoms with Crippen LogP contribution in [-0.4, -0.2) is 12.1 Å². The molecule has 100 valence electrons. The zero-order chi connectivity index (χ0) is 12.8. The molecule has 0 spiro atoms. The minimum absolute atomic E-state index is 0.0378. The van der Waals surface area contributed by atoms with Gasteiger partial charge < -0.3 is 4.74 Å². The van der Waals surface area contributed by atoms with E-state index in [-0.39, 0.29) is 12.1 Å². The van der Waals surface area contributed by atoms with Crippen molar-refractivity contribution >= 4 is 5.97 Å². The molecule has 0 saturated heterocycles. The summed E-state index contributed by atoms with van der Waals surface area (Å²) in [6.07, 6.45) is 16.5. The van der Waals surface area contributed by atoms with Crippen molar-refractivity contribution in [3.63, 3.8) is 0 Å². The Bertz CT molecular complexity index is 330. The SMILES string of the molecule is CC1CCC/C=C/[C@@H]2CCCC2C/C=C/C(=O)O1. The molecule has 1 aliphatic carbocycles. The molecule has 1 saturated carbocycles. The maximum Gasteiger partial charge on any atom is 0.330 e. The van der Waals surface area contributed by atoms with Gasteiger partial charge in [-0.15, -0.1) is 0 Å². The molecule has 0 radical (unpaired) electrons. The molecule has 2 heteroatoms. The number of esters is 1. The number of carbonyl (C=O) groups is 1. The summed E-state index contributed by atoms with van der Waals surface area (Å²) in [6.45, 7) is 1.98. The van der Waals surface area contributed by atoms with Crippen molar-refractivity contribution in [2.45, 2.75) is 58.0 Å². The van der Waals surface area contributed by atoms with Crippen molar-refractivity contribution in [1.29, 1.82) is 0 Å². The Hall–Kier alpha value is -1.05. The monoisotopic (exact) mass is 248 g/mol. The van der Waals surface area contributed by atoms with Crippen LogP contribution in [0.25, 0.3) is 0 Å². The second-order valence-corrected chi connectivity index (χ2v) is 5.60. The third-order valence-electron chi connectivity index (χ3n) is 4.09. The van der Waals surface area contributed by atoms with Crippen molar-refractivity contribution in [3.05, 3.63) is 24.3 Å². The molecule has 3 atom stereocenters. The lowest BCUT2D eigenvalue weighted by molar-refractivity contribution is -0.142. The third kappa shape index (κ3) is 4.01. The fraction of sp³-hybridized carbons (Fsp3) is 0.688. The topological polar surface area (TPSA) is 26.3 Å². The number of fused-ring (bicyclic) bond motifs is 1. The lowest BCUT2D eigenvalue weighted by Gasteiger charge is -2.13. The van der Waals surface area contributed by atoms with Crippen LogP contribution in [0, 0.1) is 11.8 Å². The summed E-state index contributed by atoms with van der Waals surface area (Å²) in [4.78, 5) is 11.6. The molecular formula is C16H24O2. The average Bonchev–Trinajstić information content (AvgIpc) is 2.75. The van der Waals surface area contributed by atoms with Crippen LogP contribution in [0.15, 0.2) is 24.3 Å². The lowest BCUT2D eigenvalue weighted by Crippen LogP contribution is -2.12. The Morgan fingerprint density at radius 1 is 1.17 bits per heavy atom. The van der Waals surface area contributed by atoms with Gasteiger partial charge in [-0.1, -0.05) is 24.6 Å². The zero-order valence-electron chi connectivity index (χ0n) is 11.3. The molecule has 2 nitrogen and oxygen atoms in total. The van der Waals surface area contributed by atoms with Crippen LogP contribution < -0.4 is 0 Å². The molecule has 0 aromatic rings. The Morgan fingerprint density at radius 3 is 2.94 bits per heavy atom. The molecule has 2 unspecified atom stereocenters. The van der Waals surface area contributed by atoms with E-state index in [1.165, 1.54) is 19.3 Å². The van der Waals surface area contributed by atoms with Crippen molar-refractivity contribution in [2.24, 2.45) is 11.8 Å². The quantitative estimate of drug-likeness (QED) is 0.478. The van der Waals surface area contributed by atoms with E-state index in [1.807, 2.05) is 13.0 Å². The van der Waals surface area contributed by atoms with Gasteiger partial charge in [-0.3, -0.25) is 0 Å². The number of allylic oxidation sites excluding steroid dienone is 3. The molecular weight excluding hydrogens is 224 g/mol. The molecule has 2 aliphatic rings. The van der Waals surface area contributed by atoms with Gasteiger partial charge in [0.15, 0.2) is 0 Å². The van der Waals surface area contributed by atoms with E-state index >= 15 is 0 Å². The van der Waals surface area contributed by atoms with Gasteiger partial charge in [-0.2, -0.15) is 0 Å². The minimum Gasteiger partial charge on any atom is -0.460 e. The van der Waals surface area contributed by atoms with E-state index in [1.54, 1.807) is 6.08 Å². The molecule has 18 heavy (non-hydrogen) atoms. The predicted molar refractivity (Wildman–Crippen MR) is 73.1 cm³/mol. The summed E-state index contributed by atoms with van der Waals surface area (Å²) in [7, 11) is 0. The van der Waals surface area contributed by atoms with Crippen LogP contribution in [-0.2, 0) is 9.53 Å². The summed E-state index contributed by atoms with van der Waals surface area (Å²) in [5.74, 6) is 1.27. The largest absolute Gasteiger partial charge is 0.460 e. The van der Waals surface area contributed by atoms with E-state index in [4.69, 9.17) is 4.74 Å². The zero-order valence-corrected chi connectivity index (χ0v) is 11.3. The van der Waals surface area contributed by atoms with Crippen molar-refractivity contribution in [1.82, 2.24) is 0 Å². The van der Waals surface area contributed by atoms with Gasteiger partial charge in [0, 0.05) is 6.08 Å². The molecule has 1 fully saturated rings. The molecule has 0 bridgehead atoms. The first kappa shape index (κ1) is 13.4. The standard InChI is InChI=1S/C16H24O2/c1-13-7-3-2-4-8-14-9-5-10-15(14)11-6-12-16(17)18-13/h4,6,8,12-15H,2-3,5,7,9-11H2,1H3/b8-4+,12-6+/t13?,14-,15?/m1/s1. The highest BCUT2D eigenvalue weighted by molar-refractivity contribution is 5.82. The summed E-state index contributed by atoms with van der Waals surface area (Å²) in [5.41, 5.74) is 0. The Labute approximate surface area is 110 Å². The third-order valence-corrected chi connectivity index (χ3v) is 4.09. The lowest BCUT2D eigenvalue weighted by atomic mass is 9.92. The van der Waals surface area contributed by atoms with Gasteiger partial charge in [-0.05, 0) is 57.3 Å². The van der Waals surface area contributed by atoms with E-state index < -0.39 is 0 Å². The van der Waals surface area contributed by atoms with Crippen molar-refractivity contribution in [3.8, 4) is 0 Å². The molecule has 0 amide bonds. The summed E-state index contributed by atoms with van der Waals surface area (Å²) in [5, 5.41) is 0. The van der Waals surface area contributed by atoms with Crippen molar-refractivity contribution < 1.29 is 9.53 Å².